The molecule has 0 spiro atoms. The molecule has 110 valence electrons. The highest BCUT2D eigenvalue weighted by Crippen LogP contribution is 2.32. The van der Waals surface area contributed by atoms with E-state index >= 15 is 0 Å². The first-order valence-electron chi connectivity index (χ1n) is 6.77. The number of benzene rings is 1. The number of rotatable bonds is 5. The molecule has 3 rings (SSSR count). The van der Waals surface area contributed by atoms with Crippen LogP contribution in [-0.2, 0) is 17.8 Å². The molecule has 2 aromatic rings. The predicted octanol–water partition coefficient (Wildman–Crippen LogP) is 2.43. The number of carbonyl (C=O) groups excluding carboxylic acids is 1. The molecule has 0 fully saturated rings. The molecule has 1 aliphatic heterocycles. The van der Waals surface area contributed by atoms with Gasteiger partial charge in [0, 0.05) is 18.3 Å². The van der Waals surface area contributed by atoms with Crippen molar-refractivity contribution in [1.82, 2.24) is 10.3 Å². The van der Waals surface area contributed by atoms with E-state index in [1.54, 1.807) is 11.3 Å². The highest BCUT2D eigenvalue weighted by molar-refractivity contribution is 7.09. The lowest BCUT2D eigenvalue weighted by molar-refractivity contribution is -0.121. The highest BCUT2D eigenvalue weighted by Gasteiger charge is 2.13. The van der Waals surface area contributed by atoms with E-state index in [9.17, 15) is 4.79 Å². The quantitative estimate of drug-likeness (QED) is 0.921. The van der Waals surface area contributed by atoms with Gasteiger partial charge in [-0.2, -0.15) is 0 Å². The molecule has 1 N–H and O–H groups in total. The summed E-state index contributed by atoms with van der Waals surface area (Å²) in [7, 11) is 0. The summed E-state index contributed by atoms with van der Waals surface area (Å²) in [6.45, 7) is 2.72. The summed E-state index contributed by atoms with van der Waals surface area (Å²) in [6, 6.07) is 5.69. The largest absolute Gasteiger partial charge is 0.454 e. The van der Waals surface area contributed by atoms with Crippen LogP contribution in [0.25, 0.3) is 0 Å². The Morgan fingerprint density at radius 2 is 2.24 bits per heavy atom. The summed E-state index contributed by atoms with van der Waals surface area (Å²) in [6.07, 6.45) is 1.13. The topological polar surface area (TPSA) is 60.5 Å². The average molecular weight is 304 g/mol. The van der Waals surface area contributed by atoms with Crippen molar-refractivity contribution < 1.29 is 14.3 Å². The summed E-state index contributed by atoms with van der Waals surface area (Å²) < 4.78 is 10.6. The number of fused-ring (bicyclic) bond motifs is 1. The van der Waals surface area contributed by atoms with Gasteiger partial charge in [0.2, 0.25) is 12.7 Å². The van der Waals surface area contributed by atoms with Crippen LogP contribution in [0.1, 0.15) is 22.7 Å². The molecule has 0 bridgehead atoms. The van der Waals surface area contributed by atoms with Crippen molar-refractivity contribution in [3.05, 3.63) is 39.8 Å². The van der Waals surface area contributed by atoms with E-state index in [4.69, 9.17) is 9.47 Å². The molecule has 0 radical (unpaired) electrons. The Balaban J connectivity index is 1.47. The minimum Gasteiger partial charge on any atom is -0.454 e. The van der Waals surface area contributed by atoms with Crippen molar-refractivity contribution in [2.75, 3.05) is 6.79 Å². The van der Waals surface area contributed by atoms with Gasteiger partial charge in [-0.25, -0.2) is 4.98 Å². The van der Waals surface area contributed by atoms with Crippen molar-refractivity contribution in [3.63, 3.8) is 0 Å². The van der Waals surface area contributed by atoms with Crippen LogP contribution in [-0.4, -0.2) is 17.7 Å². The molecule has 0 saturated carbocycles. The first kappa shape index (κ1) is 13.9. The van der Waals surface area contributed by atoms with E-state index in [1.807, 2.05) is 30.5 Å². The molecule has 0 unspecified atom stereocenters. The van der Waals surface area contributed by atoms with Crippen molar-refractivity contribution in [3.8, 4) is 11.5 Å². The zero-order valence-corrected chi connectivity index (χ0v) is 12.5. The third-order valence-corrected chi connectivity index (χ3v) is 4.02. The fraction of sp³-hybridized carbons (Fsp3) is 0.333. The number of nitrogens with zero attached hydrogens (tertiary/aromatic N) is 1. The Bertz CT molecular complexity index is 654. The molecule has 2 heterocycles. The average Bonchev–Trinajstić information content (AvgIpc) is 3.10. The third-order valence-electron chi connectivity index (χ3n) is 3.20. The Morgan fingerprint density at radius 1 is 1.38 bits per heavy atom. The molecular weight excluding hydrogens is 288 g/mol. The second-order valence-electron chi connectivity index (χ2n) is 4.82. The second kappa shape index (κ2) is 6.13. The fourth-order valence-corrected chi connectivity index (χ4v) is 2.75. The van der Waals surface area contributed by atoms with Gasteiger partial charge in [0.15, 0.2) is 11.5 Å². The zero-order valence-electron chi connectivity index (χ0n) is 11.7. The number of carbonyl (C=O) groups is 1. The van der Waals surface area contributed by atoms with Gasteiger partial charge in [-0.3, -0.25) is 4.79 Å². The summed E-state index contributed by atoms with van der Waals surface area (Å²) in [4.78, 5) is 16.2. The highest BCUT2D eigenvalue weighted by atomic mass is 32.1. The summed E-state index contributed by atoms with van der Waals surface area (Å²) in [5, 5.41) is 5.94. The van der Waals surface area contributed by atoms with E-state index < -0.39 is 0 Å². The molecule has 0 aliphatic carbocycles. The number of thiazole rings is 1. The van der Waals surface area contributed by atoms with Crippen molar-refractivity contribution in [2.45, 2.75) is 26.3 Å². The Hall–Kier alpha value is -2.08. The first-order valence-corrected chi connectivity index (χ1v) is 7.65. The van der Waals surface area contributed by atoms with Crippen molar-refractivity contribution in [1.29, 1.82) is 0 Å². The number of amides is 1. The SMILES string of the molecule is Cc1nc(CCC(=O)NCc2ccc3c(c2)OCO3)cs1. The molecule has 1 aromatic heterocycles. The zero-order chi connectivity index (χ0) is 14.7. The van der Waals surface area contributed by atoms with E-state index in [-0.39, 0.29) is 12.7 Å². The molecule has 1 aliphatic rings. The lowest BCUT2D eigenvalue weighted by atomic mass is 10.2. The Labute approximate surface area is 126 Å². The second-order valence-corrected chi connectivity index (χ2v) is 5.88. The van der Waals surface area contributed by atoms with Crippen LogP contribution in [0.3, 0.4) is 0 Å². The third kappa shape index (κ3) is 3.52. The number of hydrogen-bond donors (Lipinski definition) is 1. The van der Waals surface area contributed by atoms with E-state index in [1.165, 1.54) is 0 Å². The van der Waals surface area contributed by atoms with Gasteiger partial charge < -0.3 is 14.8 Å². The molecule has 1 aromatic carbocycles. The number of aryl methyl sites for hydroxylation is 2. The standard InChI is InChI=1S/C15H16N2O3S/c1-10-17-12(8-21-10)3-5-15(18)16-7-11-2-4-13-14(6-11)20-9-19-13/h2,4,6,8H,3,5,7,9H2,1H3,(H,16,18). The summed E-state index contributed by atoms with van der Waals surface area (Å²) in [5.74, 6) is 1.52. The maximum absolute atomic E-state index is 11.8. The van der Waals surface area contributed by atoms with Crippen molar-refractivity contribution >= 4 is 17.2 Å². The van der Waals surface area contributed by atoms with Gasteiger partial charge in [0.05, 0.1) is 10.7 Å². The van der Waals surface area contributed by atoms with Crippen LogP contribution in [0.4, 0.5) is 0 Å². The van der Waals surface area contributed by atoms with Crippen LogP contribution in [0.5, 0.6) is 11.5 Å². The molecular formula is C15H16N2O3S. The predicted molar refractivity (Wildman–Crippen MR) is 79.6 cm³/mol. The van der Waals surface area contributed by atoms with Gasteiger partial charge in [-0.1, -0.05) is 6.07 Å². The number of hydrogen-bond acceptors (Lipinski definition) is 5. The van der Waals surface area contributed by atoms with Crippen LogP contribution < -0.4 is 14.8 Å². The minimum atomic E-state index is 0.0262. The monoisotopic (exact) mass is 304 g/mol. The van der Waals surface area contributed by atoms with Crippen LogP contribution in [0, 0.1) is 6.92 Å². The van der Waals surface area contributed by atoms with E-state index in [0.717, 1.165) is 27.8 Å². The van der Waals surface area contributed by atoms with Crippen LogP contribution in [0.15, 0.2) is 23.6 Å². The fourth-order valence-electron chi connectivity index (χ4n) is 2.10. The Kier molecular flexibility index (Phi) is 4.06. The molecule has 1 amide bonds. The number of nitrogens with one attached hydrogen (secondary N) is 1. The van der Waals surface area contributed by atoms with Gasteiger partial charge in [-0.15, -0.1) is 11.3 Å². The Morgan fingerprint density at radius 3 is 3.05 bits per heavy atom. The number of aromatic nitrogens is 1. The maximum Gasteiger partial charge on any atom is 0.231 e. The van der Waals surface area contributed by atoms with E-state index in [2.05, 4.69) is 10.3 Å². The molecule has 5 nitrogen and oxygen atoms in total. The molecule has 21 heavy (non-hydrogen) atoms. The van der Waals surface area contributed by atoms with Crippen molar-refractivity contribution in [2.24, 2.45) is 0 Å². The molecule has 6 heteroatoms. The maximum atomic E-state index is 11.8. The van der Waals surface area contributed by atoms with Crippen LogP contribution in [0.2, 0.25) is 0 Å². The lowest BCUT2D eigenvalue weighted by Gasteiger charge is -2.05. The summed E-state index contributed by atoms with van der Waals surface area (Å²) >= 11 is 1.61. The van der Waals surface area contributed by atoms with Gasteiger partial charge in [0.25, 0.3) is 0 Å². The van der Waals surface area contributed by atoms with Gasteiger partial charge in [0.1, 0.15) is 0 Å². The molecule has 0 atom stereocenters. The minimum absolute atomic E-state index is 0.0262. The van der Waals surface area contributed by atoms with Gasteiger partial charge in [-0.05, 0) is 31.0 Å². The first-order chi connectivity index (χ1) is 10.2. The molecule has 0 saturated heterocycles. The lowest BCUT2D eigenvalue weighted by Crippen LogP contribution is -2.23. The normalized spacial score (nSPS) is 12.4. The summed E-state index contributed by atoms with van der Waals surface area (Å²) in [5.41, 5.74) is 1.98. The number of ether oxygens (including phenoxy) is 2. The van der Waals surface area contributed by atoms with Gasteiger partial charge >= 0.3 is 0 Å². The smallest absolute Gasteiger partial charge is 0.231 e. The van der Waals surface area contributed by atoms with Crippen LogP contribution >= 0.6 is 11.3 Å². The van der Waals surface area contributed by atoms with E-state index in [0.29, 0.717) is 19.4 Å².